The maximum Gasteiger partial charge on any atom is 0.254 e. The van der Waals surface area contributed by atoms with Gasteiger partial charge in [-0.1, -0.05) is 35.9 Å². The lowest BCUT2D eigenvalue weighted by atomic mass is 10.1. The van der Waals surface area contributed by atoms with Crippen molar-refractivity contribution >= 4 is 5.91 Å². The van der Waals surface area contributed by atoms with E-state index in [1.807, 2.05) is 91.7 Å². The zero-order valence-electron chi connectivity index (χ0n) is 19.9. The molecule has 0 radical (unpaired) electrons. The summed E-state index contributed by atoms with van der Waals surface area (Å²) in [5.41, 5.74) is 3.65. The first-order chi connectivity index (χ1) is 17.0. The third kappa shape index (κ3) is 5.41. The molecule has 0 bridgehead atoms. The van der Waals surface area contributed by atoms with Crippen molar-refractivity contribution in [1.29, 1.82) is 0 Å². The molecule has 0 saturated carbocycles. The molecule has 5 rings (SSSR count). The van der Waals surface area contributed by atoms with E-state index < -0.39 is 0 Å². The summed E-state index contributed by atoms with van der Waals surface area (Å²) in [4.78, 5) is 24.1. The molecular formula is C28H28N4O3. The van der Waals surface area contributed by atoms with Gasteiger partial charge in [0.05, 0.1) is 18.8 Å². The van der Waals surface area contributed by atoms with Crippen molar-refractivity contribution in [2.45, 2.75) is 26.5 Å². The highest BCUT2D eigenvalue weighted by molar-refractivity contribution is 5.94. The van der Waals surface area contributed by atoms with Crippen LogP contribution in [0.3, 0.4) is 0 Å². The molecule has 178 valence electrons. The highest BCUT2D eigenvalue weighted by atomic mass is 16.5. The third-order valence-corrected chi connectivity index (χ3v) is 6.12. The number of hydrogen-bond donors (Lipinski definition) is 0. The summed E-state index contributed by atoms with van der Waals surface area (Å²) in [5, 5.41) is 0. The second kappa shape index (κ2) is 10.1. The van der Waals surface area contributed by atoms with Gasteiger partial charge in [0.2, 0.25) is 5.88 Å². The Morgan fingerprint density at radius 3 is 2.71 bits per heavy atom. The van der Waals surface area contributed by atoms with Crippen LogP contribution in [0.1, 0.15) is 39.1 Å². The molecule has 1 aliphatic rings. The number of pyridine rings is 1. The van der Waals surface area contributed by atoms with E-state index in [0.29, 0.717) is 37.7 Å². The van der Waals surface area contributed by atoms with Crippen LogP contribution in [0.4, 0.5) is 0 Å². The molecule has 35 heavy (non-hydrogen) atoms. The van der Waals surface area contributed by atoms with Crippen LogP contribution in [0.15, 0.2) is 79.1 Å². The summed E-state index contributed by atoms with van der Waals surface area (Å²) in [6.45, 7) is 6.11. The minimum atomic E-state index is -0.314. The Bertz CT molecular complexity index is 1320. The van der Waals surface area contributed by atoms with Crippen LogP contribution in [-0.4, -0.2) is 45.0 Å². The Kier molecular flexibility index (Phi) is 6.59. The molecule has 0 aliphatic carbocycles. The first-order valence-corrected chi connectivity index (χ1v) is 11.7. The topological polar surface area (TPSA) is 69.5 Å². The zero-order chi connectivity index (χ0) is 24.2. The number of morpholine rings is 1. The number of carbonyl (C=O) groups excluding carboxylic acids is 1. The van der Waals surface area contributed by atoms with E-state index in [1.54, 1.807) is 6.20 Å². The summed E-state index contributed by atoms with van der Waals surface area (Å²) in [6, 6.07) is 21.3. The predicted octanol–water partition coefficient (Wildman–Crippen LogP) is 4.95. The van der Waals surface area contributed by atoms with E-state index in [9.17, 15) is 4.79 Å². The molecular weight excluding hydrogens is 440 g/mol. The molecule has 2 aromatic heterocycles. The second-order valence-corrected chi connectivity index (χ2v) is 8.73. The maximum atomic E-state index is 13.3. The minimum Gasteiger partial charge on any atom is -0.439 e. The van der Waals surface area contributed by atoms with Crippen molar-refractivity contribution in [3.8, 4) is 11.6 Å². The number of aromatic nitrogens is 3. The lowest BCUT2D eigenvalue weighted by Crippen LogP contribution is -2.42. The summed E-state index contributed by atoms with van der Waals surface area (Å²) in [5.74, 6) is 2.17. The van der Waals surface area contributed by atoms with E-state index in [4.69, 9.17) is 9.47 Å². The first-order valence-electron chi connectivity index (χ1n) is 11.7. The lowest BCUT2D eigenvalue weighted by Gasteiger charge is -2.33. The smallest absolute Gasteiger partial charge is 0.254 e. The lowest BCUT2D eigenvalue weighted by molar-refractivity contribution is -0.0248. The van der Waals surface area contributed by atoms with Gasteiger partial charge < -0.3 is 18.9 Å². The monoisotopic (exact) mass is 468 g/mol. The van der Waals surface area contributed by atoms with Crippen LogP contribution < -0.4 is 4.74 Å². The van der Waals surface area contributed by atoms with Gasteiger partial charge in [0.1, 0.15) is 17.7 Å². The fraction of sp³-hybridized carbons (Fsp3) is 0.250. The van der Waals surface area contributed by atoms with E-state index in [0.717, 1.165) is 22.8 Å². The number of benzene rings is 2. The second-order valence-electron chi connectivity index (χ2n) is 8.73. The van der Waals surface area contributed by atoms with Gasteiger partial charge in [-0.3, -0.25) is 4.79 Å². The van der Waals surface area contributed by atoms with Crippen LogP contribution in [0, 0.1) is 13.8 Å². The quantitative estimate of drug-likeness (QED) is 0.401. The molecule has 2 aromatic carbocycles. The van der Waals surface area contributed by atoms with Crippen molar-refractivity contribution in [2.75, 3.05) is 19.7 Å². The number of imidazole rings is 1. The first kappa shape index (κ1) is 22.8. The van der Waals surface area contributed by atoms with E-state index in [1.165, 1.54) is 5.56 Å². The summed E-state index contributed by atoms with van der Waals surface area (Å²) in [6.07, 6.45) is 3.42. The van der Waals surface area contributed by atoms with Gasteiger partial charge in [-0.05, 0) is 49.7 Å². The largest absolute Gasteiger partial charge is 0.439 e. The maximum absolute atomic E-state index is 13.3. The van der Waals surface area contributed by atoms with Gasteiger partial charge in [-0.25, -0.2) is 9.97 Å². The number of aryl methyl sites for hydroxylation is 2. The van der Waals surface area contributed by atoms with Crippen LogP contribution >= 0.6 is 0 Å². The Labute approximate surface area is 205 Å². The normalized spacial score (nSPS) is 15.7. The molecule has 0 N–H and O–H groups in total. The van der Waals surface area contributed by atoms with E-state index in [2.05, 4.69) is 14.5 Å². The van der Waals surface area contributed by atoms with Crippen LogP contribution in [-0.2, 0) is 11.3 Å². The fourth-order valence-electron chi connectivity index (χ4n) is 4.16. The number of hydrogen-bond acceptors (Lipinski definition) is 5. The Balaban J connectivity index is 1.28. The fourth-order valence-corrected chi connectivity index (χ4v) is 4.16. The molecule has 1 amide bonds. The summed E-state index contributed by atoms with van der Waals surface area (Å²) >= 11 is 0. The predicted molar refractivity (Wildman–Crippen MR) is 133 cm³/mol. The van der Waals surface area contributed by atoms with Gasteiger partial charge in [-0.2, -0.15) is 0 Å². The molecule has 7 heteroatoms. The number of carbonyl (C=O) groups is 1. The molecule has 1 aliphatic heterocycles. The molecule has 7 nitrogen and oxygen atoms in total. The van der Waals surface area contributed by atoms with Crippen LogP contribution in [0.2, 0.25) is 0 Å². The Morgan fingerprint density at radius 1 is 1.09 bits per heavy atom. The Morgan fingerprint density at radius 2 is 1.91 bits per heavy atom. The van der Waals surface area contributed by atoms with Crippen molar-refractivity contribution in [3.05, 3.63) is 107 Å². The number of amides is 1. The third-order valence-electron chi connectivity index (χ3n) is 6.12. The molecule has 4 aromatic rings. The number of ether oxygens (including phenoxy) is 2. The van der Waals surface area contributed by atoms with Crippen molar-refractivity contribution < 1.29 is 14.3 Å². The van der Waals surface area contributed by atoms with Crippen molar-refractivity contribution in [2.24, 2.45) is 0 Å². The van der Waals surface area contributed by atoms with E-state index >= 15 is 0 Å². The molecule has 1 saturated heterocycles. The summed E-state index contributed by atoms with van der Waals surface area (Å²) in [7, 11) is 0. The average Bonchev–Trinajstić information content (AvgIpc) is 3.29. The number of rotatable bonds is 6. The minimum absolute atomic E-state index is 0.00503. The van der Waals surface area contributed by atoms with Crippen LogP contribution in [0.25, 0.3) is 0 Å². The molecule has 0 spiro atoms. The van der Waals surface area contributed by atoms with E-state index in [-0.39, 0.29) is 12.0 Å². The van der Waals surface area contributed by atoms with Gasteiger partial charge in [0.25, 0.3) is 5.91 Å². The average molecular weight is 469 g/mol. The molecule has 3 heterocycles. The molecule has 1 fully saturated rings. The SMILES string of the molecule is Cc1ccc(Oc2cccc(C3CN(C(=O)c4cccc(Cn5ccnc5C)c4)CCO3)n2)cc1. The molecule has 1 unspecified atom stereocenters. The zero-order valence-corrected chi connectivity index (χ0v) is 19.9. The highest BCUT2D eigenvalue weighted by Gasteiger charge is 2.27. The van der Waals surface area contributed by atoms with Gasteiger partial charge >= 0.3 is 0 Å². The van der Waals surface area contributed by atoms with Gasteiger partial charge in [0.15, 0.2) is 0 Å². The Hall–Kier alpha value is -3.97. The molecule has 1 atom stereocenters. The van der Waals surface area contributed by atoms with Gasteiger partial charge in [0, 0.05) is 37.1 Å². The van der Waals surface area contributed by atoms with Crippen LogP contribution in [0.5, 0.6) is 11.6 Å². The van der Waals surface area contributed by atoms with Crippen molar-refractivity contribution in [3.63, 3.8) is 0 Å². The highest BCUT2D eigenvalue weighted by Crippen LogP contribution is 2.26. The van der Waals surface area contributed by atoms with Gasteiger partial charge in [-0.15, -0.1) is 0 Å². The van der Waals surface area contributed by atoms with Crippen molar-refractivity contribution in [1.82, 2.24) is 19.4 Å². The standard InChI is InChI=1S/C28H28N4O3/c1-20-9-11-24(12-10-20)35-27-8-4-7-25(30-27)26-19-32(15-16-34-26)28(33)23-6-3-5-22(17-23)18-31-14-13-29-21(31)2/h3-14,17,26H,15-16,18-19H2,1-2H3. The number of nitrogens with zero attached hydrogens (tertiary/aromatic N) is 4. The summed E-state index contributed by atoms with van der Waals surface area (Å²) < 4.78 is 14.0.